The van der Waals surface area contributed by atoms with Gasteiger partial charge in [-0.15, -0.1) is 0 Å². The van der Waals surface area contributed by atoms with E-state index in [-0.39, 0.29) is 12.7 Å². The maximum Gasteiger partial charge on any atom is 0.339 e. The molecule has 0 saturated carbocycles. The number of ether oxygens (including phenoxy) is 7. The average molecular weight is 615 g/mol. The molecule has 0 saturated heterocycles. The first-order chi connectivity index (χ1) is 19.2. The molecule has 0 radical (unpaired) electrons. The molecule has 3 atom stereocenters. The van der Waals surface area contributed by atoms with E-state index in [4.69, 9.17) is 33.2 Å². The van der Waals surface area contributed by atoms with Crippen molar-refractivity contribution in [2.24, 2.45) is 5.92 Å². The van der Waals surface area contributed by atoms with E-state index in [9.17, 15) is 9.90 Å². The zero-order valence-electron chi connectivity index (χ0n) is 23.1. The van der Waals surface area contributed by atoms with Crippen molar-refractivity contribution in [2.75, 3.05) is 35.2 Å². The number of carbonyl (C=O) groups excluding carboxylic acids is 1. The second kappa shape index (κ2) is 10.7. The van der Waals surface area contributed by atoms with E-state index in [2.05, 4.69) is 15.9 Å². The molecule has 1 N–H and O–H groups in total. The molecule has 1 heterocycles. The first kappa shape index (κ1) is 27.9. The smallest absolute Gasteiger partial charge is 0.339 e. The Hall–Kier alpha value is -3.63. The molecular formula is C30H31BrO9. The van der Waals surface area contributed by atoms with Crippen molar-refractivity contribution in [3.05, 3.63) is 57.6 Å². The van der Waals surface area contributed by atoms with Crippen molar-refractivity contribution < 1.29 is 43.1 Å². The van der Waals surface area contributed by atoms with Crippen molar-refractivity contribution in [3.8, 4) is 45.6 Å². The SMILES string of the molecule is COc1cc2c(c(OC)c1OC)-c1c(cc3c(c1OC)OCO3)C[C@H](C)[C@](C)(O)[C@H]2OC(=O)c1ccccc1Br. The van der Waals surface area contributed by atoms with Crippen molar-refractivity contribution in [1.29, 1.82) is 0 Å². The van der Waals surface area contributed by atoms with E-state index in [1.54, 1.807) is 44.4 Å². The van der Waals surface area contributed by atoms with Crippen molar-refractivity contribution >= 4 is 21.9 Å². The van der Waals surface area contributed by atoms with Gasteiger partial charge in [0.2, 0.25) is 18.3 Å². The maximum atomic E-state index is 13.6. The lowest BCUT2D eigenvalue weighted by atomic mass is 9.73. The molecule has 0 unspecified atom stereocenters. The highest BCUT2D eigenvalue weighted by atomic mass is 79.9. The third kappa shape index (κ3) is 4.39. The zero-order valence-corrected chi connectivity index (χ0v) is 24.7. The van der Waals surface area contributed by atoms with Gasteiger partial charge < -0.3 is 38.3 Å². The second-order valence-corrected chi connectivity index (χ2v) is 10.7. The number of aliphatic hydroxyl groups is 1. The molecule has 10 heteroatoms. The van der Waals surface area contributed by atoms with Crippen LogP contribution in [0.3, 0.4) is 0 Å². The summed E-state index contributed by atoms with van der Waals surface area (Å²) in [6.45, 7) is 3.62. The molecule has 3 aromatic rings. The minimum Gasteiger partial charge on any atom is -0.493 e. The van der Waals surface area contributed by atoms with Gasteiger partial charge in [0.25, 0.3) is 0 Å². The van der Waals surface area contributed by atoms with Crippen molar-refractivity contribution in [3.63, 3.8) is 0 Å². The zero-order chi connectivity index (χ0) is 28.8. The quantitative estimate of drug-likeness (QED) is 0.349. The lowest BCUT2D eigenvalue weighted by Crippen LogP contribution is -2.43. The Balaban J connectivity index is 1.86. The summed E-state index contributed by atoms with van der Waals surface area (Å²) in [6, 6.07) is 10.6. The maximum absolute atomic E-state index is 13.6. The molecule has 0 fully saturated rings. The molecule has 212 valence electrons. The van der Waals surface area contributed by atoms with Gasteiger partial charge in [-0.2, -0.15) is 0 Å². The van der Waals surface area contributed by atoms with E-state index < -0.39 is 17.7 Å². The average Bonchev–Trinajstić information content (AvgIpc) is 3.42. The molecule has 1 aliphatic carbocycles. The molecule has 1 aliphatic heterocycles. The molecule has 0 aromatic heterocycles. The highest BCUT2D eigenvalue weighted by Gasteiger charge is 2.47. The van der Waals surface area contributed by atoms with Crippen molar-refractivity contribution in [1.82, 2.24) is 0 Å². The van der Waals surface area contributed by atoms with Crippen LogP contribution < -0.4 is 28.4 Å². The lowest BCUT2D eigenvalue weighted by molar-refractivity contribution is -0.107. The summed E-state index contributed by atoms with van der Waals surface area (Å²) in [5, 5.41) is 12.1. The number of carbonyl (C=O) groups is 1. The van der Waals surface area contributed by atoms with Crippen molar-refractivity contribution in [2.45, 2.75) is 32.0 Å². The first-order valence-corrected chi connectivity index (χ1v) is 13.5. The van der Waals surface area contributed by atoms with E-state index in [0.29, 0.717) is 67.6 Å². The first-order valence-electron chi connectivity index (χ1n) is 12.7. The van der Waals surface area contributed by atoms with Gasteiger partial charge in [-0.1, -0.05) is 19.1 Å². The number of esters is 1. The van der Waals surface area contributed by atoms with E-state index >= 15 is 0 Å². The van der Waals surface area contributed by atoms with Gasteiger partial charge in [0.15, 0.2) is 29.1 Å². The van der Waals surface area contributed by atoms with Crippen LogP contribution in [0.2, 0.25) is 0 Å². The van der Waals surface area contributed by atoms with Crippen LogP contribution in [-0.2, 0) is 11.2 Å². The van der Waals surface area contributed by atoms with Crippen LogP contribution >= 0.6 is 15.9 Å². The Bertz CT molecular complexity index is 1470. The summed E-state index contributed by atoms with van der Waals surface area (Å²) >= 11 is 3.43. The predicted molar refractivity (Wildman–Crippen MR) is 150 cm³/mol. The van der Waals surface area contributed by atoms with E-state index in [1.165, 1.54) is 21.3 Å². The van der Waals surface area contributed by atoms with Crippen LogP contribution in [-0.4, -0.2) is 51.9 Å². The van der Waals surface area contributed by atoms with Crippen LogP contribution in [0.15, 0.2) is 40.9 Å². The number of fused-ring (bicyclic) bond motifs is 4. The fourth-order valence-electron chi connectivity index (χ4n) is 5.42. The highest BCUT2D eigenvalue weighted by Crippen LogP contribution is 2.59. The number of rotatable bonds is 6. The predicted octanol–water partition coefficient (Wildman–Crippen LogP) is 5.72. The fourth-order valence-corrected chi connectivity index (χ4v) is 5.87. The van der Waals surface area contributed by atoms with Crippen LogP contribution in [0.25, 0.3) is 11.1 Å². The van der Waals surface area contributed by atoms with Crippen LogP contribution in [0.4, 0.5) is 0 Å². The molecule has 9 nitrogen and oxygen atoms in total. The third-order valence-electron chi connectivity index (χ3n) is 7.67. The molecule has 0 amide bonds. The second-order valence-electron chi connectivity index (χ2n) is 9.88. The summed E-state index contributed by atoms with van der Waals surface area (Å²) in [5.41, 5.74) is 1.24. The molecule has 0 bridgehead atoms. The van der Waals surface area contributed by atoms with Gasteiger partial charge in [0, 0.05) is 21.2 Å². The number of hydrogen-bond donors (Lipinski definition) is 1. The normalized spacial score (nSPS) is 20.9. The number of benzene rings is 3. The largest absolute Gasteiger partial charge is 0.493 e. The Morgan fingerprint density at radius 2 is 1.68 bits per heavy atom. The fraction of sp³-hybridized carbons (Fsp3) is 0.367. The van der Waals surface area contributed by atoms with Gasteiger partial charge in [0.1, 0.15) is 5.60 Å². The van der Waals surface area contributed by atoms with Gasteiger partial charge in [0.05, 0.1) is 34.0 Å². The Morgan fingerprint density at radius 3 is 2.33 bits per heavy atom. The third-order valence-corrected chi connectivity index (χ3v) is 8.36. The van der Waals surface area contributed by atoms with Gasteiger partial charge in [-0.25, -0.2) is 4.79 Å². The van der Waals surface area contributed by atoms with Gasteiger partial charge in [-0.05, 0) is 65.0 Å². The molecule has 2 aliphatic rings. The number of halogens is 1. The highest BCUT2D eigenvalue weighted by molar-refractivity contribution is 9.10. The van der Waals surface area contributed by atoms with Gasteiger partial charge in [-0.3, -0.25) is 0 Å². The van der Waals surface area contributed by atoms with E-state index in [1.807, 2.05) is 13.0 Å². The molecule has 0 spiro atoms. The minimum absolute atomic E-state index is 0.0456. The van der Waals surface area contributed by atoms with Crippen LogP contribution in [0.1, 0.15) is 41.4 Å². The molecule has 40 heavy (non-hydrogen) atoms. The van der Waals surface area contributed by atoms with E-state index in [0.717, 1.165) is 5.56 Å². The molecular weight excluding hydrogens is 584 g/mol. The summed E-state index contributed by atoms with van der Waals surface area (Å²) < 4.78 is 41.5. The summed E-state index contributed by atoms with van der Waals surface area (Å²) in [6.07, 6.45) is -0.746. The Morgan fingerprint density at radius 1 is 0.975 bits per heavy atom. The summed E-state index contributed by atoms with van der Waals surface area (Å²) in [4.78, 5) is 13.6. The standard InChI is InChI=1S/C30H31BrO9/c1-15-11-16-12-21-25(39-14-38-21)26(36-5)22(16)23-18(13-20(34-3)24(35-4)27(23)37-6)28(30(15,2)33)40-29(32)17-9-7-8-10-19(17)31/h7-10,12-13,15,28,33H,11,14H2,1-6H3/t15-,28-,30-/m0/s1. The Labute approximate surface area is 241 Å². The molecule has 5 rings (SSSR count). The van der Waals surface area contributed by atoms with Gasteiger partial charge >= 0.3 is 5.97 Å². The lowest BCUT2D eigenvalue weighted by Gasteiger charge is -2.41. The van der Waals surface area contributed by atoms with Crippen LogP contribution in [0, 0.1) is 5.92 Å². The minimum atomic E-state index is -1.53. The number of methoxy groups -OCH3 is 4. The topological polar surface area (TPSA) is 102 Å². The number of hydrogen-bond acceptors (Lipinski definition) is 9. The summed E-state index contributed by atoms with van der Waals surface area (Å²) in [5.74, 6) is 1.42. The van der Waals surface area contributed by atoms with Crippen LogP contribution in [0.5, 0.6) is 34.5 Å². The molecule has 3 aromatic carbocycles. The monoisotopic (exact) mass is 614 g/mol. The summed E-state index contributed by atoms with van der Waals surface area (Å²) in [7, 11) is 6.07. The Kier molecular flexibility index (Phi) is 7.50.